The number of rotatable bonds is 5. The Morgan fingerprint density at radius 3 is 2.52 bits per heavy atom. The average molecular weight is 331 g/mol. The van der Waals surface area contributed by atoms with Gasteiger partial charge >= 0.3 is 0 Å². The largest absolute Gasteiger partial charge is 0.474 e. The van der Waals surface area contributed by atoms with E-state index in [0.29, 0.717) is 35.1 Å². The molecular formula is C16H15ClN4O2. The van der Waals surface area contributed by atoms with Crippen molar-refractivity contribution in [2.24, 2.45) is 0 Å². The Labute approximate surface area is 138 Å². The van der Waals surface area contributed by atoms with Gasteiger partial charge in [-0.3, -0.25) is 0 Å². The zero-order chi connectivity index (χ0) is 16.2. The van der Waals surface area contributed by atoms with Gasteiger partial charge in [0, 0.05) is 17.7 Å². The van der Waals surface area contributed by atoms with Gasteiger partial charge in [-0.25, -0.2) is 9.97 Å². The predicted molar refractivity (Wildman–Crippen MR) is 89.6 cm³/mol. The first-order chi connectivity index (χ1) is 11.2. The lowest BCUT2D eigenvalue weighted by Gasteiger charge is -2.09. The maximum atomic E-state index is 5.92. The maximum Gasteiger partial charge on any atom is 0.245 e. The van der Waals surface area contributed by atoms with Crippen LogP contribution >= 0.6 is 11.6 Å². The Balaban J connectivity index is 2.04. The van der Waals surface area contributed by atoms with Gasteiger partial charge in [0.2, 0.25) is 11.8 Å². The summed E-state index contributed by atoms with van der Waals surface area (Å²) in [6.07, 6.45) is 0. The molecule has 2 N–H and O–H groups in total. The fourth-order valence-corrected chi connectivity index (χ4v) is 2.23. The normalized spacial score (nSPS) is 10.9. The number of benzene rings is 1. The summed E-state index contributed by atoms with van der Waals surface area (Å²) in [6, 6.07) is 11.2. The Morgan fingerprint density at radius 1 is 1.00 bits per heavy atom. The zero-order valence-electron chi connectivity index (χ0n) is 12.5. The summed E-state index contributed by atoms with van der Waals surface area (Å²) in [5, 5.41) is 0.675. The molecule has 0 bridgehead atoms. The van der Waals surface area contributed by atoms with Gasteiger partial charge in [-0.15, -0.1) is 0 Å². The minimum atomic E-state index is 0.144. The molecule has 0 unspecified atom stereocenters. The highest BCUT2D eigenvalue weighted by Crippen LogP contribution is 2.26. The van der Waals surface area contributed by atoms with Crippen molar-refractivity contribution in [1.29, 1.82) is 0 Å². The summed E-state index contributed by atoms with van der Waals surface area (Å²) in [5.41, 5.74) is 8.62. The van der Waals surface area contributed by atoms with E-state index in [1.54, 1.807) is 7.11 Å². The van der Waals surface area contributed by atoms with Crippen LogP contribution in [0.5, 0.6) is 5.88 Å². The molecule has 1 aromatic carbocycles. The Hall–Kier alpha value is -2.44. The molecule has 0 atom stereocenters. The van der Waals surface area contributed by atoms with Gasteiger partial charge in [0.05, 0.1) is 17.8 Å². The van der Waals surface area contributed by atoms with Gasteiger partial charge in [0.15, 0.2) is 5.52 Å². The summed E-state index contributed by atoms with van der Waals surface area (Å²) < 4.78 is 10.6. The summed E-state index contributed by atoms with van der Waals surface area (Å²) in [4.78, 5) is 12.9. The first-order valence-electron chi connectivity index (χ1n) is 6.99. The monoisotopic (exact) mass is 330 g/mol. The van der Waals surface area contributed by atoms with Crippen LogP contribution in [0.2, 0.25) is 5.02 Å². The number of anilines is 1. The van der Waals surface area contributed by atoms with Gasteiger partial charge in [-0.2, -0.15) is 4.98 Å². The first kappa shape index (κ1) is 15.5. The number of pyridine rings is 1. The number of methoxy groups -OCH3 is 1. The number of ether oxygens (including phenoxy) is 2. The van der Waals surface area contributed by atoms with E-state index < -0.39 is 0 Å². The van der Waals surface area contributed by atoms with E-state index in [0.717, 1.165) is 11.3 Å². The number of aromatic nitrogens is 3. The molecule has 0 aliphatic carbocycles. The molecular weight excluding hydrogens is 316 g/mol. The molecule has 2 aromatic heterocycles. The summed E-state index contributed by atoms with van der Waals surface area (Å²) in [6.45, 7) is 0.803. The fraction of sp³-hybridized carbons (Fsp3) is 0.188. The number of nitrogens with zero attached hydrogens (tertiary/aromatic N) is 3. The van der Waals surface area contributed by atoms with Gasteiger partial charge in [0.25, 0.3) is 0 Å². The van der Waals surface area contributed by atoms with E-state index in [1.165, 1.54) is 0 Å². The third kappa shape index (κ3) is 3.49. The summed E-state index contributed by atoms with van der Waals surface area (Å²) >= 11 is 5.92. The van der Waals surface area contributed by atoms with Gasteiger partial charge in [0.1, 0.15) is 6.61 Å². The second kappa shape index (κ2) is 6.76. The van der Waals surface area contributed by atoms with E-state index in [2.05, 4.69) is 15.0 Å². The van der Waals surface area contributed by atoms with Gasteiger partial charge < -0.3 is 15.2 Å². The average Bonchev–Trinajstić information content (AvgIpc) is 2.55. The van der Waals surface area contributed by atoms with E-state index in [1.807, 2.05) is 36.4 Å². The van der Waals surface area contributed by atoms with Gasteiger partial charge in [-0.1, -0.05) is 23.7 Å². The SMILES string of the molecule is COCCOc1nc(N)nc2ccc(-c3ccc(Cl)cc3)nc12. The highest BCUT2D eigenvalue weighted by Gasteiger charge is 2.11. The van der Waals surface area contributed by atoms with Crippen LogP contribution in [-0.2, 0) is 4.74 Å². The molecule has 23 heavy (non-hydrogen) atoms. The van der Waals surface area contributed by atoms with Crippen LogP contribution < -0.4 is 10.5 Å². The molecule has 3 aromatic rings. The number of hydrogen-bond donors (Lipinski definition) is 1. The highest BCUT2D eigenvalue weighted by atomic mass is 35.5. The van der Waals surface area contributed by atoms with Crippen LogP contribution in [0, 0.1) is 0 Å². The van der Waals surface area contributed by atoms with E-state index in [-0.39, 0.29) is 5.95 Å². The van der Waals surface area contributed by atoms with Crippen molar-refractivity contribution in [2.45, 2.75) is 0 Å². The van der Waals surface area contributed by atoms with Gasteiger partial charge in [-0.05, 0) is 24.3 Å². The number of nitrogen functional groups attached to an aromatic ring is 1. The van der Waals surface area contributed by atoms with Crippen LogP contribution in [0.3, 0.4) is 0 Å². The third-order valence-electron chi connectivity index (χ3n) is 3.19. The van der Waals surface area contributed by atoms with E-state index in [9.17, 15) is 0 Å². The molecule has 7 heteroatoms. The van der Waals surface area contributed by atoms with Crippen LogP contribution in [-0.4, -0.2) is 35.3 Å². The molecule has 0 aliphatic rings. The number of fused-ring (bicyclic) bond motifs is 1. The van der Waals surface area contributed by atoms with Crippen molar-refractivity contribution in [1.82, 2.24) is 15.0 Å². The Kier molecular flexibility index (Phi) is 4.55. The fourth-order valence-electron chi connectivity index (χ4n) is 2.11. The van der Waals surface area contributed by atoms with Crippen molar-refractivity contribution in [3.8, 4) is 17.1 Å². The lowest BCUT2D eigenvalue weighted by molar-refractivity contribution is 0.144. The second-order valence-electron chi connectivity index (χ2n) is 4.80. The topological polar surface area (TPSA) is 83.2 Å². The Bertz CT molecular complexity index is 824. The second-order valence-corrected chi connectivity index (χ2v) is 5.24. The molecule has 0 spiro atoms. The molecule has 0 fully saturated rings. The number of halogens is 1. The quantitative estimate of drug-likeness (QED) is 0.724. The Morgan fingerprint density at radius 2 is 1.78 bits per heavy atom. The summed E-state index contributed by atoms with van der Waals surface area (Å²) in [5.74, 6) is 0.492. The van der Waals surface area contributed by atoms with Crippen LogP contribution in [0.25, 0.3) is 22.3 Å². The first-order valence-corrected chi connectivity index (χ1v) is 7.37. The van der Waals surface area contributed by atoms with Crippen LogP contribution in [0.15, 0.2) is 36.4 Å². The molecule has 0 saturated heterocycles. The van der Waals surface area contributed by atoms with Crippen molar-refractivity contribution in [3.63, 3.8) is 0 Å². The smallest absolute Gasteiger partial charge is 0.245 e. The minimum Gasteiger partial charge on any atom is -0.474 e. The van der Waals surface area contributed by atoms with Crippen molar-refractivity contribution >= 4 is 28.6 Å². The number of nitrogens with two attached hydrogens (primary N) is 1. The summed E-state index contributed by atoms with van der Waals surface area (Å²) in [7, 11) is 1.60. The van der Waals surface area contributed by atoms with E-state index in [4.69, 9.17) is 26.8 Å². The lowest BCUT2D eigenvalue weighted by atomic mass is 10.1. The van der Waals surface area contributed by atoms with E-state index >= 15 is 0 Å². The molecule has 0 radical (unpaired) electrons. The molecule has 3 rings (SSSR count). The molecule has 0 aliphatic heterocycles. The zero-order valence-corrected chi connectivity index (χ0v) is 13.2. The minimum absolute atomic E-state index is 0.144. The predicted octanol–water partition coefficient (Wildman–Crippen LogP) is 2.95. The number of hydrogen-bond acceptors (Lipinski definition) is 6. The van der Waals surface area contributed by atoms with Crippen molar-refractivity contribution < 1.29 is 9.47 Å². The highest BCUT2D eigenvalue weighted by molar-refractivity contribution is 6.30. The molecule has 2 heterocycles. The maximum absolute atomic E-state index is 5.92. The molecule has 0 saturated carbocycles. The van der Waals surface area contributed by atoms with Crippen LogP contribution in [0.4, 0.5) is 5.95 Å². The molecule has 6 nitrogen and oxygen atoms in total. The lowest BCUT2D eigenvalue weighted by Crippen LogP contribution is -2.08. The van der Waals surface area contributed by atoms with Crippen LogP contribution in [0.1, 0.15) is 0 Å². The standard InChI is InChI=1S/C16H15ClN4O2/c1-22-8-9-23-15-14-13(20-16(18)21-15)7-6-12(19-14)10-2-4-11(17)5-3-10/h2-7H,8-9H2,1H3,(H2,18,20,21). The molecule has 118 valence electrons. The van der Waals surface area contributed by atoms with Crippen molar-refractivity contribution in [2.75, 3.05) is 26.1 Å². The third-order valence-corrected chi connectivity index (χ3v) is 3.45. The molecule has 0 amide bonds. The van der Waals surface area contributed by atoms with Crippen molar-refractivity contribution in [3.05, 3.63) is 41.4 Å².